The Bertz CT molecular complexity index is 1230. The number of anilines is 1. The SMILES string of the molecule is O=C(Nc1ccc(C(=O)N2CCN(Cc3ccc(C(O)(C(F)(F)F)C(F)(F)F)cc3)CC2)cc1F)NC1CCNC1. The van der Waals surface area contributed by atoms with Gasteiger partial charge in [0.1, 0.15) is 5.82 Å². The number of hydrogen-bond donors (Lipinski definition) is 4. The highest BCUT2D eigenvalue weighted by atomic mass is 19.4. The van der Waals surface area contributed by atoms with Crippen LogP contribution in [0, 0.1) is 5.82 Å². The predicted molar refractivity (Wildman–Crippen MR) is 133 cm³/mol. The molecule has 2 fully saturated rings. The molecule has 2 aliphatic heterocycles. The number of carbonyl (C=O) groups excluding carboxylic acids is 2. The summed E-state index contributed by atoms with van der Waals surface area (Å²) in [6, 6.07) is 6.48. The minimum atomic E-state index is -5.96. The van der Waals surface area contributed by atoms with Gasteiger partial charge in [0, 0.05) is 56.4 Å². The van der Waals surface area contributed by atoms with Crippen LogP contribution in [0.2, 0.25) is 0 Å². The number of nitrogens with one attached hydrogen (secondary N) is 3. The molecule has 4 N–H and O–H groups in total. The third kappa shape index (κ3) is 6.73. The first-order chi connectivity index (χ1) is 19.2. The van der Waals surface area contributed by atoms with E-state index in [4.69, 9.17) is 0 Å². The number of urea groups is 1. The second-order valence-corrected chi connectivity index (χ2v) is 9.95. The molecule has 0 spiro atoms. The molecule has 0 radical (unpaired) electrons. The van der Waals surface area contributed by atoms with Crippen LogP contribution >= 0.6 is 0 Å². The molecular weight excluding hydrogens is 563 g/mol. The molecule has 2 aromatic carbocycles. The first-order valence-electron chi connectivity index (χ1n) is 12.7. The minimum Gasteiger partial charge on any atom is -0.369 e. The lowest BCUT2D eigenvalue weighted by Crippen LogP contribution is -2.53. The van der Waals surface area contributed by atoms with Crippen molar-refractivity contribution >= 4 is 17.6 Å². The number of amides is 3. The molecule has 41 heavy (non-hydrogen) atoms. The van der Waals surface area contributed by atoms with Gasteiger partial charge in [-0.1, -0.05) is 24.3 Å². The Labute approximate surface area is 230 Å². The maximum atomic E-state index is 14.6. The lowest BCUT2D eigenvalue weighted by Gasteiger charge is -2.35. The number of aliphatic hydroxyl groups is 1. The minimum absolute atomic E-state index is 0.0549. The van der Waals surface area contributed by atoms with E-state index in [1.165, 1.54) is 17.0 Å². The molecule has 0 bridgehead atoms. The number of hydrogen-bond acceptors (Lipinski definition) is 5. The summed E-state index contributed by atoms with van der Waals surface area (Å²) in [6.45, 7) is 2.78. The molecule has 2 aromatic rings. The molecular formula is C26H28F7N5O3. The van der Waals surface area contributed by atoms with Crippen LogP contribution < -0.4 is 16.0 Å². The summed E-state index contributed by atoms with van der Waals surface area (Å²) < 4.78 is 93.2. The second-order valence-electron chi connectivity index (χ2n) is 9.95. The van der Waals surface area contributed by atoms with Crippen LogP contribution in [0.5, 0.6) is 0 Å². The van der Waals surface area contributed by atoms with E-state index in [-0.39, 0.29) is 36.9 Å². The molecule has 2 aliphatic rings. The van der Waals surface area contributed by atoms with Gasteiger partial charge in [0.25, 0.3) is 11.5 Å². The number of benzene rings is 2. The van der Waals surface area contributed by atoms with Crippen molar-refractivity contribution in [3.05, 3.63) is 65.0 Å². The van der Waals surface area contributed by atoms with Gasteiger partial charge in [-0.05, 0) is 36.7 Å². The van der Waals surface area contributed by atoms with Crippen molar-refractivity contribution in [3.8, 4) is 0 Å². The van der Waals surface area contributed by atoms with Crippen LogP contribution in [-0.2, 0) is 12.1 Å². The summed E-state index contributed by atoms with van der Waals surface area (Å²) >= 11 is 0. The van der Waals surface area contributed by atoms with Crippen LogP contribution in [-0.4, -0.2) is 84.5 Å². The van der Waals surface area contributed by atoms with Crippen LogP contribution in [0.3, 0.4) is 0 Å². The largest absolute Gasteiger partial charge is 0.430 e. The Morgan fingerprint density at radius 1 is 0.951 bits per heavy atom. The zero-order valence-corrected chi connectivity index (χ0v) is 21.6. The van der Waals surface area contributed by atoms with E-state index in [1.54, 1.807) is 0 Å². The van der Waals surface area contributed by atoms with Crippen molar-refractivity contribution in [2.75, 3.05) is 44.6 Å². The van der Waals surface area contributed by atoms with E-state index in [0.717, 1.165) is 31.2 Å². The average Bonchev–Trinajstić information content (AvgIpc) is 3.41. The lowest BCUT2D eigenvalue weighted by molar-refractivity contribution is -0.376. The van der Waals surface area contributed by atoms with Gasteiger partial charge in [0.15, 0.2) is 0 Å². The average molecular weight is 592 g/mol. The fourth-order valence-electron chi connectivity index (χ4n) is 4.76. The van der Waals surface area contributed by atoms with Crippen molar-refractivity contribution in [2.24, 2.45) is 0 Å². The van der Waals surface area contributed by atoms with E-state index < -0.39 is 41.3 Å². The van der Waals surface area contributed by atoms with Gasteiger partial charge < -0.3 is 26.0 Å². The molecule has 0 saturated carbocycles. The van der Waals surface area contributed by atoms with E-state index in [9.17, 15) is 45.4 Å². The zero-order valence-electron chi connectivity index (χ0n) is 21.6. The van der Waals surface area contributed by atoms with Gasteiger partial charge in [-0.3, -0.25) is 9.69 Å². The Morgan fingerprint density at radius 3 is 2.12 bits per heavy atom. The summed E-state index contributed by atoms with van der Waals surface area (Å²) in [5.41, 5.74) is -5.91. The Balaban J connectivity index is 1.31. The van der Waals surface area contributed by atoms with Gasteiger partial charge >= 0.3 is 18.4 Å². The normalized spacial score (nSPS) is 18.8. The number of nitrogens with zero attached hydrogens (tertiary/aromatic N) is 2. The van der Waals surface area contributed by atoms with Crippen LogP contribution in [0.1, 0.15) is 27.9 Å². The van der Waals surface area contributed by atoms with Gasteiger partial charge in [-0.2, -0.15) is 26.3 Å². The Kier molecular flexibility index (Phi) is 8.80. The van der Waals surface area contributed by atoms with Crippen LogP contribution in [0.4, 0.5) is 41.2 Å². The molecule has 4 rings (SSSR count). The molecule has 1 unspecified atom stereocenters. The molecule has 2 heterocycles. The fraction of sp³-hybridized carbons (Fsp3) is 0.462. The van der Waals surface area contributed by atoms with E-state index >= 15 is 0 Å². The summed E-state index contributed by atoms with van der Waals surface area (Å²) in [6.07, 6.45) is -11.2. The van der Waals surface area contributed by atoms with Crippen LogP contribution in [0.15, 0.2) is 42.5 Å². The van der Waals surface area contributed by atoms with Crippen molar-refractivity contribution in [1.82, 2.24) is 20.4 Å². The zero-order chi connectivity index (χ0) is 30.0. The maximum Gasteiger partial charge on any atom is 0.430 e. The summed E-state index contributed by atoms with van der Waals surface area (Å²) in [7, 11) is 0. The van der Waals surface area contributed by atoms with Gasteiger partial charge in [-0.15, -0.1) is 0 Å². The first-order valence-corrected chi connectivity index (χ1v) is 12.7. The van der Waals surface area contributed by atoms with Crippen molar-refractivity contribution in [1.29, 1.82) is 0 Å². The molecule has 0 aromatic heterocycles. The van der Waals surface area contributed by atoms with Gasteiger partial charge in [0.05, 0.1) is 5.69 Å². The maximum absolute atomic E-state index is 14.6. The number of rotatable bonds is 6. The molecule has 2 saturated heterocycles. The predicted octanol–water partition coefficient (Wildman–Crippen LogP) is 3.58. The Morgan fingerprint density at radius 2 is 1.59 bits per heavy atom. The molecule has 15 heteroatoms. The third-order valence-electron chi connectivity index (χ3n) is 7.12. The molecule has 224 valence electrons. The van der Waals surface area contributed by atoms with Crippen LogP contribution in [0.25, 0.3) is 0 Å². The third-order valence-corrected chi connectivity index (χ3v) is 7.12. The second kappa shape index (κ2) is 11.8. The topological polar surface area (TPSA) is 96.9 Å². The highest BCUT2D eigenvalue weighted by Gasteiger charge is 2.71. The fourth-order valence-corrected chi connectivity index (χ4v) is 4.76. The monoisotopic (exact) mass is 591 g/mol. The lowest BCUT2D eigenvalue weighted by atomic mass is 9.91. The highest BCUT2D eigenvalue weighted by Crippen LogP contribution is 2.50. The molecule has 1 atom stereocenters. The van der Waals surface area contributed by atoms with Crippen molar-refractivity contribution in [2.45, 2.75) is 37.0 Å². The number of alkyl halides is 6. The molecule has 8 nitrogen and oxygen atoms in total. The number of halogens is 7. The summed E-state index contributed by atoms with van der Waals surface area (Å²) in [5, 5.41) is 17.8. The molecule has 3 amide bonds. The van der Waals surface area contributed by atoms with E-state index in [0.29, 0.717) is 37.3 Å². The number of piperazine rings is 1. The summed E-state index contributed by atoms with van der Waals surface area (Å²) in [5.74, 6) is -1.21. The quantitative estimate of drug-likeness (QED) is 0.386. The standard InChI is InChI=1S/C26H28F7N5O3/c27-20-13-17(3-6-21(20)36-23(40)35-19-7-8-34-14-19)22(39)38-11-9-37(10-12-38)15-16-1-4-18(5-2-16)24(41,25(28,29)30)26(31,32)33/h1-6,13,19,34,41H,7-12,14-15H2,(H2,35,36,40). The Hall–Kier alpha value is -3.43. The van der Waals surface area contributed by atoms with Gasteiger partial charge in [-0.25, -0.2) is 9.18 Å². The summed E-state index contributed by atoms with van der Waals surface area (Å²) in [4.78, 5) is 28.3. The molecule has 0 aliphatic carbocycles. The van der Waals surface area contributed by atoms with Gasteiger partial charge in [0.2, 0.25) is 0 Å². The smallest absolute Gasteiger partial charge is 0.369 e. The van der Waals surface area contributed by atoms with E-state index in [1.807, 2.05) is 4.90 Å². The van der Waals surface area contributed by atoms with Crippen molar-refractivity contribution in [3.63, 3.8) is 0 Å². The highest BCUT2D eigenvalue weighted by molar-refractivity contribution is 5.95. The van der Waals surface area contributed by atoms with Crippen molar-refractivity contribution < 1.29 is 45.4 Å². The number of carbonyl (C=O) groups is 2. The van der Waals surface area contributed by atoms with E-state index in [2.05, 4.69) is 16.0 Å². The first kappa shape index (κ1) is 30.5.